The predicted octanol–water partition coefficient (Wildman–Crippen LogP) is 2.90. The summed E-state index contributed by atoms with van der Waals surface area (Å²) < 4.78 is 26.5. The molecule has 0 bridgehead atoms. The van der Waals surface area contributed by atoms with Crippen LogP contribution in [0.15, 0.2) is 65.7 Å². The van der Waals surface area contributed by atoms with Crippen molar-refractivity contribution in [3.8, 4) is 11.4 Å². The monoisotopic (exact) mass is 297 g/mol. The molecule has 0 saturated carbocycles. The molecule has 0 saturated heterocycles. The topological polar surface area (TPSA) is 52.0 Å². The molecule has 21 heavy (non-hydrogen) atoms. The van der Waals surface area contributed by atoms with E-state index in [1.807, 2.05) is 31.2 Å². The van der Waals surface area contributed by atoms with Gasteiger partial charge in [-0.25, -0.2) is 17.4 Å². The Bertz CT molecular complexity index is 851. The molecule has 0 unspecified atom stereocenters. The van der Waals surface area contributed by atoms with Gasteiger partial charge in [-0.2, -0.15) is 0 Å². The Balaban J connectivity index is 2.13. The van der Waals surface area contributed by atoms with Crippen LogP contribution in [-0.2, 0) is 10.0 Å². The number of imidazole rings is 1. The maximum atomic E-state index is 12.7. The van der Waals surface area contributed by atoms with Crippen molar-refractivity contribution in [2.75, 3.05) is 0 Å². The van der Waals surface area contributed by atoms with E-state index in [0.29, 0.717) is 5.82 Å². The summed E-state index contributed by atoms with van der Waals surface area (Å²) in [7, 11) is -3.66. The lowest BCUT2D eigenvalue weighted by atomic mass is 10.1. The molecule has 0 aliphatic carbocycles. The number of rotatable bonds is 3. The second kappa shape index (κ2) is 5.18. The van der Waals surface area contributed by atoms with E-state index >= 15 is 0 Å². The van der Waals surface area contributed by atoms with E-state index < -0.39 is 10.0 Å². The third kappa shape index (κ3) is 2.48. The highest BCUT2D eigenvalue weighted by Crippen LogP contribution is 2.22. The lowest BCUT2D eigenvalue weighted by Gasteiger charge is -2.09. The van der Waals surface area contributed by atoms with Crippen molar-refractivity contribution in [2.24, 2.45) is 0 Å². The smallest absolute Gasteiger partial charge is 0.226 e. The van der Waals surface area contributed by atoms with Gasteiger partial charge in [0.2, 0.25) is 0 Å². The fraction of sp³-hybridized carbons (Fsp3) is 0.0625. The zero-order valence-corrected chi connectivity index (χ0v) is 12.2. The molecule has 0 fully saturated rings. The quantitative estimate of drug-likeness (QED) is 0.747. The molecule has 2 aromatic carbocycles. The minimum atomic E-state index is -3.66. The highest BCUT2D eigenvalue weighted by Gasteiger charge is 2.20. The SMILES string of the molecule is Cc1ccc(-c2n[c]cn2S(=O)(=O)c2ccccc2)cc1. The fourth-order valence-electron chi connectivity index (χ4n) is 2.04. The molecular weight excluding hydrogens is 284 g/mol. The number of hydrogen-bond acceptors (Lipinski definition) is 3. The highest BCUT2D eigenvalue weighted by molar-refractivity contribution is 7.90. The lowest BCUT2D eigenvalue weighted by Crippen LogP contribution is -2.13. The van der Waals surface area contributed by atoms with Gasteiger partial charge >= 0.3 is 0 Å². The van der Waals surface area contributed by atoms with E-state index in [0.717, 1.165) is 15.1 Å². The largest absolute Gasteiger partial charge is 0.269 e. The number of aromatic nitrogens is 2. The zero-order valence-electron chi connectivity index (χ0n) is 11.4. The van der Waals surface area contributed by atoms with Gasteiger partial charge in [0.25, 0.3) is 10.0 Å². The Labute approximate surface area is 123 Å². The first-order valence-corrected chi connectivity index (χ1v) is 7.86. The van der Waals surface area contributed by atoms with E-state index in [9.17, 15) is 8.42 Å². The molecule has 0 spiro atoms. The maximum absolute atomic E-state index is 12.7. The first-order chi connectivity index (χ1) is 10.1. The minimum Gasteiger partial charge on any atom is -0.226 e. The van der Waals surface area contributed by atoms with Gasteiger partial charge in [-0.15, -0.1) is 0 Å². The van der Waals surface area contributed by atoms with Crippen molar-refractivity contribution in [1.29, 1.82) is 0 Å². The zero-order chi connectivity index (χ0) is 14.9. The van der Waals surface area contributed by atoms with Crippen LogP contribution in [0.4, 0.5) is 0 Å². The summed E-state index contributed by atoms with van der Waals surface area (Å²) >= 11 is 0. The molecule has 1 radical (unpaired) electrons. The second-order valence-corrected chi connectivity index (χ2v) is 6.49. The summed E-state index contributed by atoms with van der Waals surface area (Å²) in [5.74, 6) is 0.360. The summed E-state index contributed by atoms with van der Waals surface area (Å²) in [5, 5.41) is 0. The van der Waals surface area contributed by atoms with Crippen LogP contribution in [-0.4, -0.2) is 17.4 Å². The molecule has 0 aliphatic heterocycles. The average molecular weight is 297 g/mol. The van der Waals surface area contributed by atoms with Crippen molar-refractivity contribution < 1.29 is 8.42 Å². The number of benzene rings is 2. The molecule has 3 aromatic rings. The lowest BCUT2D eigenvalue weighted by molar-refractivity contribution is 0.588. The van der Waals surface area contributed by atoms with E-state index in [4.69, 9.17) is 0 Å². The fourth-order valence-corrected chi connectivity index (χ4v) is 3.32. The van der Waals surface area contributed by atoms with Gasteiger partial charge in [-0.05, 0) is 19.1 Å². The standard InChI is InChI=1S/C16H13N2O2S/c1-13-7-9-14(10-8-13)16-17-11-12-18(16)21(19,20)15-5-3-2-4-6-15/h2-10,12H,1H3. The molecule has 4 nitrogen and oxygen atoms in total. The Morgan fingerprint density at radius 1 is 1.00 bits per heavy atom. The van der Waals surface area contributed by atoms with Crippen LogP contribution >= 0.6 is 0 Å². The van der Waals surface area contributed by atoms with Crippen LogP contribution < -0.4 is 0 Å². The van der Waals surface area contributed by atoms with Crippen molar-refractivity contribution in [2.45, 2.75) is 11.8 Å². The van der Waals surface area contributed by atoms with E-state index in [1.165, 1.54) is 6.20 Å². The molecular formula is C16H13N2O2S. The summed E-state index contributed by atoms with van der Waals surface area (Å²) in [6.45, 7) is 1.98. The normalized spacial score (nSPS) is 11.5. The van der Waals surface area contributed by atoms with Crippen molar-refractivity contribution in [3.05, 3.63) is 72.6 Å². The molecule has 0 atom stereocenters. The van der Waals surface area contributed by atoms with Crippen LogP contribution in [0.2, 0.25) is 0 Å². The van der Waals surface area contributed by atoms with Gasteiger partial charge in [0, 0.05) is 5.56 Å². The molecule has 0 amide bonds. The van der Waals surface area contributed by atoms with Gasteiger partial charge in [-0.1, -0.05) is 48.0 Å². The van der Waals surface area contributed by atoms with Gasteiger partial charge in [-0.3, -0.25) is 0 Å². The first kappa shape index (κ1) is 13.6. The summed E-state index contributed by atoms with van der Waals surface area (Å²) in [5.41, 5.74) is 1.84. The Morgan fingerprint density at radius 3 is 2.33 bits per heavy atom. The minimum absolute atomic E-state index is 0.227. The molecule has 1 aromatic heterocycles. The maximum Gasteiger partial charge on any atom is 0.269 e. The molecule has 1 heterocycles. The van der Waals surface area contributed by atoms with Crippen molar-refractivity contribution in [1.82, 2.24) is 8.96 Å². The predicted molar refractivity (Wildman–Crippen MR) is 80.3 cm³/mol. The number of aryl methyl sites for hydroxylation is 1. The van der Waals surface area contributed by atoms with Crippen LogP contribution in [0.25, 0.3) is 11.4 Å². The van der Waals surface area contributed by atoms with Gasteiger partial charge < -0.3 is 0 Å². The summed E-state index contributed by atoms with van der Waals surface area (Å²) in [6.07, 6.45) is 3.97. The van der Waals surface area contributed by atoms with Crippen LogP contribution in [0.5, 0.6) is 0 Å². The summed E-state index contributed by atoms with van der Waals surface area (Å²) in [4.78, 5) is 4.29. The second-order valence-electron chi connectivity index (χ2n) is 4.67. The van der Waals surface area contributed by atoms with Crippen LogP contribution in [0.3, 0.4) is 0 Å². The van der Waals surface area contributed by atoms with Gasteiger partial charge in [0.05, 0.1) is 11.1 Å². The highest BCUT2D eigenvalue weighted by atomic mass is 32.2. The third-order valence-electron chi connectivity index (χ3n) is 3.16. The Hall–Kier alpha value is -2.40. The van der Waals surface area contributed by atoms with Crippen molar-refractivity contribution >= 4 is 10.0 Å². The van der Waals surface area contributed by atoms with E-state index in [2.05, 4.69) is 11.2 Å². The molecule has 3 rings (SSSR count). The first-order valence-electron chi connectivity index (χ1n) is 6.42. The molecule has 0 aliphatic rings. The van der Waals surface area contributed by atoms with Gasteiger partial charge in [0.15, 0.2) is 5.82 Å². The molecule has 105 valence electrons. The summed E-state index contributed by atoms with van der Waals surface area (Å²) in [6, 6.07) is 15.8. The third-order valence-corrected chi connectivity index (χ3v) is 4.83. The number of nitrogens with zero attached hydrogens (tertiary/aromatic N) is 2. The molecule has 0 N–H and O–H groups in total. The van der Waals surface area contributed by atoms with Crippen molar-refractivity contribution in [3.63, 3.8) is 0 Å². The average Bonchev–Trinajstić information content (AvgIpc) is 2.99. The van der Waals surface area contributed by atoms with Crippen LogP contribution in [0, 0.1) is 13.1 Å². The van der Waals surface area contributed by atoms with E-state index in [-0.39, 0.29) is 4.90 Å². The van der Waals surface area contributed by atoms with Crippen LogP contribution in [0.1, 0.15) is 5.56 Å². The Morgan fingerprint density at radius 2 is 1.67 bits per heavy atom. The van der Waals surface area contributed by atoms with E-state index in [1.54, 1.807) is 30.3 Å². The van der Waals surface area contributed by atoms with Gasteiger partial charge in [0.1, 0.15) is 6.20 Å². The molecule has 5 heteroatoms. The number of hydrogen-bond donors (Lipinski definition) is 0. The Kier molecular flexibility index (Phi) is 3.35.